The fourth-order valence-electron chi connectivity index (χ4n) is 9.25. The highest BCUT2D eigenvalue weighted by molar-refractivity contribution is 6.31. The van der Waals surface area contributed by atoms with Gasteiger partial charge in [0.25, 0.3) is 0 Å². The summed E-state index contributed by atoms with van der Waals surface area (Å²) in [6.45, 7) is 1.86. The highest BCUT2D eigenvalue weighted by atomic mass is 35.5. The number of carbonyl (C=O) groups is 4. The molecule has 12 nitrogen and oxygen atoms in total. The van der Waals surface area contributed by atoms with E-state index in [9.17, 15) is 19.5 Å². The zero-order valence-electron chi connectivity index (χ0n) is 38.3. The normalized spacial score (nSPS) is 20.9. The van der Waals surface area contributed by atoms with Crippen LogP contribution in [0.3, 0.4) is 0 Å². The maximum Gasteiger partial charge on any atom is 0.228 e. The third-order valence-electron chi connectivity index (χ3n) is 13.1. The van der Waals surface area contributed by atoms with E-state index in [0.717, 1.165) is 40.2 Å². The molecule has 1 saturated heterocycles. The molecule has 1 aliphatic heterocycles. The smallest absolute Gasteiger partial charge is 0.228 e. The number of rotatable bonds is 11. The van der Waals surface area contributed by atoms with Crippen molar-refractivity contribution in [2.24, 2.45) is 18.9 Å². The number of imidazole rings is 1. The number of halogens is 3. The summed E-state index contributed by atoms with van der Waals surface area (Å²) in [7, 11) is 9.36. The van der Waals surface area contributed by atoms with Crippen LogP contribution in [0.5, 0.6) is 11.5 Å². The van der Waals surface area contributed by atoms with Gasteiger partial charge in [0.05, 0.1) is 55.5 Å². The Labute approximate surface area is 403 Å². The van der Waals surface area contributed by atoms with Crippen molar-refractivity contribution < 1.29 is 29.0 Å². The summed E-state index contributed by atoms with van der Waals surface area (Å²) >= 11 is 12.8. The fourth-order valence-corrected chi connectivity index (χ4v) is 9.54. The lowest BCUT2D eigenvalue weighted by atomic mass is 9.83. The van der Waals surface area contributed by atoms with Crippen molar-refractivity contribution in [3.8, 4) is 22.8 Å². The lowest BCUT2D eigenvalue weighted by Gasteiger charge is -2.37. The number of ketones is 1. The number of likely N-dealkylation sites (N-methyl/N-ethyl adjacent to an activating group) is 2. The predicted octanol–water partition coefficient (Wildman–Crippen LogP) is 8.23. The molecule has 3 amide bonds. The van der Waals surface area contributed by atoms with Crippen LogP contribution in [0.15, 0.2) is 97.2 Å². The number of benzene rings is 4. The van der Waals surface area contributed by atoms with Crippen molar-refractivity contribution in [1.82, 2.24) is 29.2 Å². The molecule has 0 radical (unpaired) electrons. The van der Waals surface area contributed by atoms with Crippen molar-refractivity contribution in [2.75, 3.05) is 41.3 Å². The first-order valence-corrected chi connectivity index (χ1v) is 22.9. The maximum atomic E-state index is 15.1. The molecule has 66 heavy (non-hydrogen) atoms. The topological polar surface area (TPSA) is 129 Å². The molecule has 0 bridgehead atoms. The van der Waals surface area contributed by atoms with Crippen LogP contribution in [0.1, 0.15) is 60.2 Å². The third kappa shape index (κ3) is 11.5. The van der Waals surface area contributed by atoms with Gasteiger partial charge in [-0.05, 0) is 111 Å². The van der Waals surface area contributed by atoms with Gasteiger partial charge in [-0.3, -0.25) is 19.2 Å². The Morgan fingerprint density at radius 2 is 1.55 bits per heavy atom. The summed E-state index contributed by atoms with van der Waals surface area (Å²) in [6, 6.07) is 26.6. The summed E-state index contributed by atoms with van der Waals surface area (Å²) in [5.41, 5.74) is 5.57. The molecule has 5 aromatic rings. The van der Waals surface area contributed by atoms with Gasteiger partial charge in [-0.15, -0.1) is 12.4 Å². The average molecular weight is 958 g/mol. The van der Waals surface area contributed by atoms with Gasteiger partial charge in [-0.2, -0.15) is 0 Å². The van der Waals surface area contributed by atoms with Crippen LogP contribution in [-0.4, -0.2) is 111 Å². The Morgan fingerprint density at radius 3 is 2.24 bits per heavy atom. The van der Waals surface area contributed by atoms with Gasteiger partial charge < -0.3 is 34.0 Å². The Hall–Kier alpha value is -5.24. The molecular formula is C51H59Cl3N6O6. The molecule has 1 aromatic heterocycles. The number of carbonyl (C=O) groups excluding carboxylic acids is 4. The molecule has 5 atom stereocenters. The number of nitrogens with zero attached hydrogens (tertiary/aromatic N) is 6. The highest BCUT2D eigenvalue weighted by Gasteiger charge is 2.41. The van der Waals surface area contributed by atoms with Crippen LogP contribution >= 0.6 is 35.6 Å². The zero-order valence-corrected chi connectivity index (χ0v) is 40.7. The number of hydrogen-bond acceptors (Lipinski definition) is 8. The van der Waals surface area contributed by atoms with Gasteiger partial charge in [0.15, 0.2) is 5.78 Å². The van der Waals surface area contributed by atoms with Crippen molar-refractivity contribution in [1.29, 1.82) is 0 Å². The molecule has 1 aliphatic carbocycles. The van der Waals surface area contributed by atoms with E-state index in [0.29, 0.717) is 46.5 Å². The van der Waals surface area contributed by atoms with Gasteiger partial charge >= 0.3 is 0 Å². The minimum Gasteiger partial charge on any atom is -0.457 e. The molecule has 15 heteroatoms. The van der Waals surface area contributed by atoms with Gasteiger partial charge in [-0.1, -0.05) is 65.7 Å². The Bertz CT molecular complexity index is 2510. The van der Waals surface area contributed by atoms with E-state index >= 15 is 4.79 Å². The summed E-state index contributed by atoms with van der Waals surface area (Å²) in [4.78, 5) is 70.0. The first kappa shape index (κ1) is 50.2. The minimum atomic E-state index is -1.07. The molecule has 350 valence electrons. The summed E-state index contributed by atoms with van der Waals surface area (Å²) in [5, 5.41) is 11.6. The predicted molar refractivity (Wildman–Crippen MR) is 260 cm³/mol. The van der Waals surface area contributed by atoms with E-state index in [-0.39, 0.29) is 50.2 Å². The number of fused-ring (bicyclic) bond motifs is 1. The van der Waals surface area contributed by atoms with Gasteiger partial charge in [0.2, 0.25) is 17.7 Å². The zero-order chi connectivity index (χ0) is 46.5. The van der Waals surface area contributed by atoms with Crippen molar-refractivity contribution in [3.05, 3.63) is 135 Å². The molecule has 7 rings (SSSR count). The fraction of sp³-hybridized carbons (Fsp3) is 0.392. The summed E-state index contributed by atoms with van der Waals surface area (Å²) in [5.74, 6) is -1.68. The van der Waals surface area contributed by atoms with Crippen LogP contribution in [0.25, 0.3) is 11.3 Å². The van der Waals surface area contributed by atoms with Crippen molar-refractivity contribution in [2.45, 2.75) is 70.1 Å². The number of amides is 3. The Balaban J connectivity index is 0.00000720. The van der Waals surface area contributed by atoms with E-state index in [1.165, 1.54) is 4.90 Å². The van der Waals surface area contributed by atoms with Crippen LogP contribution < -0.4 is 4.74 Å². The van der Waals surface area contributed by atoms with Crippen LogP contribution in [0.4, 0.5) is 0 Å². The molecule has 1 fully saturated rings. The Morgan fingerprint density at radius 1 is 0.848 bits per heavy atom. The monoisotopic (exact) mass is 956 g/mol. The van der Waals surface area contributed by atoms with E-state index in [4.69, 9.17) is 27.9 Å². The molecular weight excluding hydrogens is 899 g/mol. The molecule has 0 saturated carbocycles. The standard InChI is InChI=1S/C51H58Cl2N6O6.ClH/c1-32-46(61)24-37(31-60)50(63)57(5)40(23-33-11-17-38(52)18-12-33)29-56(4)51(64)44(43-22-16-34-9-7-8-10-42(34)43)26-49(62)59(32)28-36-13-19-39(53)25-47(36)65-41-20-14-35(15-21-41)45-27-54-48(58(45)6)30-55(2)3;/h7-15,17-21,25,27,32,37,40,43-44,60H,16,22-24,26,28-31H2,1-6H3;1H/t32-,37-,40+,43-,44-;/m0./s1. The molecule has 0 unspecified atom stereocenters. The van der Waals surface area contributed by atoms with Crippen molar-refractivity contribution >= 4 is 59.1 Å². The van der Waals surface area contributed by atoms with Gasteiger partial charge in [-0.25, -0.2) is 4.98 Å². The largest absolute Gasteiger partial charge is 0.457 e. The molecule has 0 spiro atoms. The summed E-state index contributed by atoms with van der Waals surface area (Å²) < 4.78 is 8.54. The van der Waals surface area contributed by atoms with Crippen LogP contribution in [-0.2, 0) is 52.2 Å². The molecule has 2 heterocycles. The Kier molecular flexibility index (Phi) is 16.8. The number of aromatic nitrogens is 2. The van der Waals surface area contributed by atoms with E-state index in [2.05, 4.69) is 20.5 Å². The lowest BCUT2D eigenvalue weighted by Crippen LogP contribution is -2.52. The maximum absolute atomic E-state index is 15.1. The van der Waals surface area contributed by atoms with Crippen molar-refractivity contribution in [3.63, 3.8) is 0 Å². The van der Waals surface area contributed by atoms with Crippen LogP contribution in [0, 0.1) is 11.8 Å². The minimum absolute atomic E-state index is 0. The number of aliphatic hydroxyl groups is 1. The van der Waals surface area contributed by atoms with E-state index < -0.39 is 48.1 Å². The third-order valence-corrected chi connectivity index (χ3v) is 13.6. The summed E-state index contributed by atoms with van der Waals surface area (Å²) in [6.07, 6.45) is 3.24. The molecule has 4 aromatic carbocycles. The van der Waals surface area contributed by atoms with E-state index in [1.54, 1.807) is 61.2 Å². The first-order valence-electron chi connectivity index (χ1n) is 22.1. The molecule has 2 aliphatic rings. The number of aryl methyl sites for hydroxylation is 1. The second-order valence-electron chi connectivity index (χ2n) is 17.8. The number of hydrogen-bond donors (Lipinski definition) is 1. The second-order valence-corrected chi connectivity index (χ2v) is 18.7. The van der Waals surface area contributed by atoms with E-state index in [1.807, 2.05) is 81.9 Å². The molecule has 1 N–H and O–H groups in total. The first-order chi connectivity index (χ1) is 31.1. The number of aliphatic hydroxyl groups excluding tert-OH is 1. The quantitative estimate of drug-likeness (QED) is 0.140. The van der Waals surface area contributed by atoms with Crippen LogP contribution in [0.2, 0.25) is 10.0 Å². The SMILES string of the molecule is C[C@H]1C(=O)C[C@@H](CO)C(=O)N(C)[C@H](Cc2ccc(Cl)cc2)CN(C)C(=O)[C@H]([C@H]2CCc3ccccc32)CC(=O)N1Cc1ccc(Cl)cc1Oc1ccc(-c2cnc(CN(C)C)n2C)cc1.Cl. The van der Waals surface area contributed by atoms with Gasteiger partial charge in [0, 0.05) is 61.7 Å². The number of Topliss-reactive ketones (excluding diaryl/α,β-unsaturated/α-hetero) is 1. The lowest BCUT2D eigenvalue weighted by molar-refractivity contribution is -0.148. The average Bonchev–Trinajstić information content (AvgIpc) is 3.88. The highest BCUT2D eigenvalue weighted by Crippen LogP contribution is 2.41. The number of ether oxygens (including phenoxy) is 1. The van der Waals surface area contributed by atoms with Gasteiger partial charge in [0.1, 0.15) is 17.3 Å². The second kappa shape index (κ2) is 22.0.